The van der Waals surface area contributed by atoms with Crippen molar-refractivity contribution in [1.29, 1.82) is 0 Å². The minimum atomic E-state index is -4.75. The van der Waals surface area contributed by atoms with Crippen molar-refractivity contribution < 1.29 is 110 Å². The maximum atomic E-state index is 13.6. The zero-order chi connectivity index (χ0) is 51.9. The predicted octanol–water partition coefficient (Wildman–Crippen LogP) is 4.38. The van der Waals surface area contributed by atoms with Gasteiger partial charge in [-0.05, 0) is 122 Å². The fourth-order valence-electron chi connectivity index (χ4n) is 6.86. The largest absolute Gasteiger partial charge is 1.00 e. The third-order valence-electron chi connectivity index (χ3n) is 10.4. The minimum Gasteiger partial charge on any atom is -0.456 e. The van der Waals surface area contributed by atoms with Gasteiger partial charge in [0.25, 0.3) is 0 Å². The van der Waals surface area contributed by atoms with Crippen molar-refractivity contribution in [2.45, 2.75) is 105 Å². The molecular weight excluding hydrogens is 1010 g/mol. The smallest absolute Gasteiger partial charge is 0.456 e. The summed E-state index contributed by atoms with van der Waals surface area (Å²) in [6.45, 7) is 11.3. The molecule has 2 aliphatic heterocycles. The Hall–Kier alpha value is -3.28. The molecule has 72 heavy (non-hydrogen) atoms. The molecule has 8 N–H and O–H groups in total. The van der Waals surface area contributed by atoms with Crippen LogP contribution in [0.15, 0.2) is 54.6 Å². The molecule has 0 bridgehead atoms. The molecule has 0 fully saturated rings. The van der Waals surface area contributed by atoms with Crippen molar-refractivity contribution in [2.75, 3.05) is 51.9 Å². The van der Waals surface area contributed by atoms with E-state index in [4.69, 9.17) is 56.3 Å². The van der Waals surface area contributed by atoms with Crippen LogP contribution in [-0.2, 0) is 47.4 Å². The fourth-order valence-corrected chi connectivity index (χ4v) is 8.38. The van der Waals surface area contributed by atoms with E-state index in [1.807, 2.05) is 12.1 Å². The van der Waals surface area contributed by atoms with Crippen molar-refractivity contribution in [3.05, 3.63) is 76.9 Å². The summed E-state index contributed by atoms with van der Waals surface area (Å²) in [7, 11) is -7.77. The molecule has 3 aromatic carbocycles. The second kappa shape index (κ2) is 29.1. The second-order valence-corrected chi connectivity index (χ2v) is 21.6. The van der Waals surface area contributed by atoms with Gasteiger partial charge in [-0.3, -0.25) is 23.2 Å². The number of esters is 3. The molecule has 0 aromatic heterocycles. The Kier molecular flexibility index (Phi) is 26.2. The Balaban J connectivity index is 0.000000629. The Morgan fingerprint density at radius 1 is 0.778 bits per heavy atom. The molecule has 5 rings (SSSR count). The van der Waals surface area contributed by atoms with Gasteiger partial charge in [0, 0.05) is 63.2 Å². The maximum Gasteiger partial charge on any atom is 1.00 e. The number of carbonyl (C=O) groups is 3. The standard InChI is InChI=1S/C37H42N2O8S.C10H25NO9P2.B.Na/c1-35(2,3)32(42)44-23-12-15-27-29(20-23)46-30-21-24(45-33(43)36(4,5)6)13-16-28(30)37(27)26-14-11-22(19-25(26)31(41)47-37)39-34(48)38-17-9-7-8-10-18-40;1-17-8-10(20-21(12,13)14)9-19-22(15,16)18-7-5-3-2-4-6-11;;/h11-16,19-21,40H,7-10,17-18H2,1-6H3,(H2,38,39,48);10H,2-9,11H2,1H3,(H,15,16)(H2,12,13,14);;/q;;;+1. The van der Waals surface area contributed by atoms with E-state index < -0.39 is 62.7 Å². The Morgan fingerprint density at radius 3 is 1.85 bits per heavy atom. The van der Waals surface area contributed by atoms with Crippen molar-refractivity contribution in [2.24, 2.45) is 16.6 Å². The van der Waals surface area contributed by atoms with E-state index in [9.17, 15) is 28.4 Å². The van der Waals surface area contributed by atoms with E-state index >= 15 is 0 Å². The van der Waals surface area contributed by atoms with Gasteiger partial charge in [0.2, 0.25) is 0 Å². The van der Waals surface area contributed by atoms with Gasteiger partial charge in [0.15, 0.2) is 10.7 Å². The summed E-state index contributed by atoms with van der Waals surface area (Å²) >= 11 is 5.48. The number of hydrogen-bond acceptors (Lipinski definition) is 16. The molecule has 0 aliphatic carbocycles. The van der Waals surface area contributed by atoms with Gasteiger partial charge in [-0.25, -0.2) is 13.9 Å². The number of thiocarbonyl (C=S) groups is 1. The number of benzene rings is 3. The fraction of sp³-hybridized carbons (Fsp3) is 0.532. The molecule has 391 valence electrons. The zero-order valence-electron chi connectivity index (χ0n) is 42.2. The SMILES string of the molecule is CC(C)(C)C(=O)Oc1ccc2c(c1)Oc1cc(OC(=O)C(C)(C)C)ccc1C21OC(=O)c2cc(NC(=S)NCCCCCCO)ccc21.COCC(COP(=O)(O)OCCCCCCN)OP(=O)(O)O.[B].[Na+]. The second-order valence-electron chi connectivity index (χ2n) is 18.5. The summed E-state index contributed by atoms with van der Waals surface area (Å²) < 4.78 is 64.7. The van der Waals surface area contributed by atoms with Crippen LogP contribution in [0.1, 0.15) is 120 Å². The quantitative estimate of drug-likeness (QED) is 0.0173. The average molecular weight is 1070 g/mol. The van der Waals surface area contributed by atoms with Crippen molar-refractivity contribution in [3.63, 3.8) is 0 Å². The van der Waals surface area contributed by atoms with Crippen LogP contribution >= 0.6 is 27.9 Å². The van der Waals surface area contributed by atoms with Gasteiger partial charge in [-0.15, -0.1) is 0 Å². The number of hydrogen-bond donors (Lipinski definition) is 7. The number of phosphoric ester groups is 2. The number of ether oxygens (including phenoxy) is 5. The Labute approximate surface area is 450 Å². The molecule has 3 aromatic rings. The third-order valence-corrected chi connectivity index (χ3v) is 12.2. The number of carbonyl (C=O) groups excluding carboxylic acids is 3. The molecule has 2 heterocycles. The van der Waals surface area contributed by atoms with E-state index in [1.165, 1.54) is 7.11 Å². The van der Waals surface area contributed by atoms with Gasteiger partial charge >= 0.3 is 63.1 Å². The normalized spacial score (nSPS) is 14.5. The first-order chi connectivity index (χ1) is 32.8. The first-order valence-corrected chi connectivity index (χ1v) is 26.3. The molecule has 25 heteroatoms. The first-order valence-electron chi connectivity index (χ1n) is 22.8. The molecule has 2 atom stereocenters. The number of aliphatic hydroxyl groups excluding tert-OH is 1. The summed E-state index contributed by atoms with van der Waals surface area (Å²) in [5.74, 6) is -0.224. The topological polar surface area (TPSA) is 290 Å². The number of nitrogens with two attached hydrogens (primary N) is 1. The molecule has 1 spiro atoms. The monoisotopic (exact) mass is 1070 g/mol. The zero-order valence-corrected chi connectivity index (χ0v) is 46.8. The van der Waals surface area contributed by atoms with Gasteiger partial charge in [0.1, 0.15) is 29.1 Å². The molecule has 20 nitrogen and oxygen atoms in total. The van der Waals surface area contributed by atoms with Crippen LogP contribution in [0.5, 0.6) is 23.0 Å². The summed E-state index contributed by atoms with van der Waals surface area (Å²) in [6.07, 6.45) is 5.62. The Bertz CT molecular complexity index is 2320. The number of anilines is 1. The van der Waals surface area contributed by atoms with Crippen LogP contribution in [0.25, 0.3) is 0 Å². The summed E-state index contributed by atoms with van der Waals surface area (Å²) in [6, 6.07) is 15.3. The number of unbranched alkanes of at least 4 members (excludes halogenated alkanes) is 6. The minimum absolute atomic E-state index is 0. The number of fused-ring (bicyclic) bond motifs is 6. The van der Waals surface area contributed by atoms with Crippen LogP contribution in [0.4, 0.5) is 5.69 Å². The number of phosphoric acid groups is 2. The number of nitrogens with one attached hydrogen (secondary N) is 2. The summed E-state index contributed by atoms with van der Waals surface area (Å²) in [5, 5.41) is 15.7. The molecule has 0 saturated heterocycles. The predicted molar refractivity (Wildman–Crippen MR) is 268 cm³/mol. The van der Waals surface area contributed by atoms with Crippen LogP contribution in [0.3, 0.4) is 0 Å². The first kappa shape index (κ1) is 64.8. The van der Waals surface area contributed by atoms with Crippen molar-refractivity contribution in [3.8, 4) is 23.0 Å². The van der Waals surface area contributed by atoms with Gasteiger partial charge in [-0.2, -0.15) is 0 Å². The number of rotatable bonds is 23. The number of aliphatic hydroxyl groups is 1. The van der Waals surface area contributed by atoms with Crippen LogP contribution in [0.2, 0.25) is 0 Å². The molecule has 0 saturated carbocycles. The Morgan fingerprint density at radius 2 is 1.32 bits per heavy atom. The van der Waals surface area contributed by atoms with E-state index in [2.05, 4.69) is 24.4 Å². The molecule has 3 radical (unpaired) electrons. The van der Waals surface area contributed by atoms with E-state index in [1.54, 1.807) is 84.0 Å². The van der Waals surface area contributed by atoms with E-state index in [-0.39, 0.29) is 69.3 Å². The van der Waals surface area contributed by atoms with E-state index in [0.717, 1.165) is 44.9 Å². The van der Waals surface area contributed by atoms with Gasteiger partial charge < -0.3 is 59.8 Å². The average Bonchev–Trinajstić information content (AvgIpc) is 3.55. The van der Waals surface area contributed by atoms with Crippen molar-refractivity contribution in [1.82, 2.24) is 5.32 Å². The molecule has 2 aliphatic rings. The van der Waals surface area contributed by atoms with Gasteiger partial charge in [0.05, 0.1) is 36.2 Å². The van der Waals surface area contributed by atoms with Crippen molar-refractivity contribution >= 4 is 65.0 Å². The molecule has 2 unspecified atom stereocenters. The van der Waals surface area contributed by atoms with Crippen LogP contribution in [-0.4, -0.2) is 104 Å². The number of methoxy groups -OCH3 is 1. The molecule has 0 amide bonds. The van der Waals surface area contributed by atoms with Crippen LogP contribution < -0.4 is 60.1 Å². The molecular formula is C47H67BN3NaO17P2S+. The summed E-state index contributed by atoms with van der Waals surface area (Å²) in [4.78, 5) is 65.9. The van der Waals surface area contributed by atoms with Gasteiger partial charge in [-0.1, -0.05) is 31.7 Å². The maximum absolute atomic E-state index is 13.6. The van der Waals surface area contributed by atoms with E-state index in [0.29, 0.717) is 64.1 Å². The third kappa shape index (κ3) is 19.5. The summed E-state index contributed by atoms with van der Waals surface area (Å²) in [5.41, 5.74) is 5.08. The van der Waals surface area contributed by atoms with Crippen LogP contribution in [0, 0.1) is 10.8 Å².